The molecule has 132 valence electrons. The van der Waals surface area contributed by atoms with Crippen LogP contribution in [0.15, 0.2) is 46.2 Å². The zero-order chi connectivity index (χ0) is 18.2. The highest BCUT2D eigenvalue weighted by Gasteiger charge is 2.33. The Kier molecular flexibility index (Phi) is 4.82. The van der Waals surface area contributed by atoms with E-state index in [2.05, 4.69) is 5.32 Å². The average molecular weight is 365 g/mol. The lowest BCUT2D eigenvalue weighted by Crippen LogP contribution is -2.17. The van der Waals surface area contributed by atoms with Gasteiger partial charge in [0.05, 0.1) is 5.56 Å². The first kappa shape index (κ1) is 17.9. The number of carbonyl (C=O) groups is 1. The SMILES string of the molecule is CC(C)CC(=O)Nc1cc(C(F)(F)F)cc2c1Cc1ccccc1S2. The summed E-state index contributed by atoms with van der Waals surface area (Å²) in [6, 6.07) is 9.86. The predicted octanol–water partition coefficient (Wildman–Crippen LogP) is 5.75. The Morgan fingerprint density at radius 2 is 1.92 bits per heavy atom. The van der Waals surface area contributed by atoms with Gasteiger partial charge in [0.25, 0.3) is 0 Å². The predicted molar refractivity (Wildman–Crippen MR) is 92.9 cm³/mol. The van der Waals surface area contributed by atoms with E-state index in [1.165, 1.54) is 17.8 Å². The van der Waals surface area contributed by atoms with Gasteiger partial charge in [-0.1, -0.05) is 43.8 Å². The molecule has 0 bridgehead atoms. The molecule has 0 radical (unpaired) electrons. The van der Waals surface area contributed by atoms with E-state index in [9.17, 15) is 18.0 Å². The second-order valence-corrected chi connectivity index (χ2v) is 7.61. The van der Waals surface area contributed by atoms with Crippen molar-refractivity contribution in [1.29, 1.82) is 0 Å². The summed E-state index contributed by atoms with van der Waals surface area (Å²) >= 11 is 1.32. The quantitative estimate of drug-likeness (QED) is 0.641. The Morgan fingerprint density at radius 3 is 2.60 bits per heavy atom. The van der Waals surface area contributed by atoms with Gasteiger partial charge in [0.2, 0.25) is 5.91 Å². The molecule has 1 amide bonds. The van der Waals surface area contributed by atoms with Crippen molar-refractivity contribution in [3.8, 4) is 0 Å². The largest absolute Gasteiger partial charge is 0.416 e. The first-order valence-electron chi connectivity index (χ1n) is 8.03. The number of amides is 1. The molecular weight excluding hydrogens is 347 g/mol. The van der Waals surface area contributed by atoms with Crippen LogP contribution in [0.1, 0.15) is 37.0 Å². The number of hydrogen-bond acceptors (Lipinski definition) is 2. The summed E-state index contributed by atoms with van der Waals surface area (Å²) in [4.78, 5) is 13.6. The van der Waals surface area contributed by atoms with Gasteiger partial charge in [-0.05, 0) is 35.2 Å². The molecule has 0 spiro atoms. The van der Waals surface area contributed by atoms with Gasteiger partial charge in [0.15, 0.2) is 0 Å². The maximum Gasteiger partial charge on any atom is 0.416 e. The minimum Gasteiger partial charge on any atom is -0.326 e. The third-order valence-electron chi connectivity index (χ3n) is 3.96. The Labute approximate surface area is 148 Å². The molecule has 6 heteroatoms. The Morgan fingerprint density at radius 1 is 1.20 bits per heavy atom. The zero-order valence-electron chi connectivity index (χ0n) is 13.9. The number of carbonyl (C=O) groups excluding carboxylic acids is 1. The smallest absolute Gasteiger partial charge is 0.326 e. The van der Waals surface area contributed by atoms with Crippen molar-refractivity contribution in [2.24, 2.45) is 5.92 Å². The van der Waals surface area contributed by atoms with Crippen molar-refractivity contribution in [2.45, 2.75) is 42.7 Å². The molecule has 0 atom stereocenters. The molecule has 0 saturated carbocycles. The lowest BCUT2D eigenvalue weighted by Gasteiger charge is -2.24. The maximum atomic E-state index is 13.3. The molecule has 1 N–H and O–H groups in total. The fourth-order valence-electron chi connectivity index (χ4n) is 2.82. The number of benzene rings is 2. The maximum absolute atomic E-state index is 13.3. The molecule has 0 fully saturated rings. The number of halogens is 3. The molecule has 25 heavy (non-hydrogen) atoms. The van der Waals surface area contributed by atoms with Gasteiger partial charge >= 0.3 is 6.18 Å². The number of anilines is 1. The molecule has 0 aromatic heterocycles. The lowest BCUT2D eigenvalue weighted by atomic mass is 9.99. The molecule has 2 nitrogen and oxygen atoms in total. The van der Waals surface area contributed by atoms with Crippen LogP contribution < -0.4 is 5.32 Å². The van der Waals surface area contributed by atoms with Crippen LogP contribution in [0, 0.1) is 5.92 Å². The summed E-state index contributed by atoms with van der Waals surface area (Å²) in [5.41, 5.74) is 1.32. The van der Waals surface area contributed by atoms with Gasteiger partial charge in [-0.2, -0.15) is 13.2 Å². The van der Waals surface area contributed by atoms with E-state index in [1.54, 1.807) is 0 Å². The van der Waals surface area contributed by atoms with Crippen molar-refractivity contribution in [3.63, 3.8) is 0 Å². The average Bonchev–Trinajstić information content (AvgIpc) is 2.51. The number of nitrogens with one attached hydrogen (secondary N) is 1. The van der Waals surface area contributed by atoms with E-state index in [1.807, 2.05) is 38.1 Å². The van der Waals surface area contributed by atoms with E-state index in [-0.39, 0.29) is 23.9 Å². The van der Waals surface area contributed by atoms with E-state index >= 15 is 0 Å². The summed E-state index contributed by atoms with van der Waals surface area (Å²) in [6.45, 7) is 3.79. The van der Waals surface area contributed by atoms with Crippen LogP contribution >= 0.6 is 11.8 Å². The van der Waals surface area contributed by atoms with Gasteiger partial charge in [-0.3, -0.25) is 4.79 Å². The number of hydrogen-bond donors (Lipinski definition) is 1. The molecule has 1 heterocycles. The number of alkyl halides is 3. The second kappa shape index (κ2) is 6.75. The minimum atomic E-state index is -4.45. The topological polar surface area (TPSA) is 29.1 Å². The third kappa shape index (κ3) is 4.00. The van der Waals surface area contributed by atoms with Crippen LogP contribution in [0.5, 0.6) is 0 Å². The van der Waals surface area contributed by atoms with Crippen molar-refractivity contribution in [3.05, 3.63) is 53.1 Å². The second-order valence-electron chi connectivity index (χ2n) is 6.53. The normalized spacial score (nSPS) is 13.4. The Balaban J connectivity index is 2.03. The summed E-state index contributed by atoms with van der Waals surface area (Å²) in [7, 11) is 0. The molecule has 3 rings (SSSR count). The molecule has 2 aromatic rings. The van der Waals surface area contributed by atoms with E-state index in [0.717, 1.165) is 22.1 Å². The highest BCUT2D eigenvalue weighted by atomic mass is 32.2. The standard InChI is InChI=1S/C19H18F3NOS/c1-11(2)7-18(24)23-15-9-13(19(20,21)22)10-17-14(15)8-12-5-3-4-6-16(12)25-17/h3-6,9-11H,7-8H2,1-2H3,(H,23,24). The monoisotopic (exact) mass is 365 g/mol. The van der Waals surface area contributed by atoms with Crippen LogP contribution in [-0.4, -0.2) is 5.91 Å². The molecule has 0 unspecified atom stereocenters. The number of fused-ring (bicyclic) bond motifs is 2. The van der Waals surface area contributed by atoms with Crippen molar-refractivity contribution in [1.82, 2.24) is 0 Å². The van der Waals surface area contributed by atoms with E-state index in [0.29, 0.717) is 11.3 Å². The van der Waals surface area contributed by atoms with Gasteiger partial charge < -0.3 is 5.32 Å². The van der Waals surface area contributed by atoms with Crippen LogP contribution in [0.25, 0.3) is 0 Å². The first-order valence-corrected chi connectivity index (χ1v) is 8.85. The van der Waals surface area contributed by atoms with Crippen LogP contribution in [0.4, 0.5) is 18.9 Å². The van der Waals surface area contributed by atoms with Crippen molar-refractivity contribution >= 4 is 23.4 Å². The molecule has 2 aromatic carbocycles. The first-order chi connectivity index (χ1) is 11.7. The highest BCUT2D eigenvalue weighted by molar-refractivity contribution is 7.99. The van der Waals surface area contributed by atoms with E-state index in [4.69, 9.17) is 0 Å². The fraction of sp³-hybridized carbons (Fsp3) is 0.316. The summed E-state index contributed by atoms with van der Waals surface area (Å²) in [6.07, 6.45) is -3.67. The van der Waals surface area contributed by atoms with Crippen LogP contribution in [0.2, 0.25) is 0 Å². The van der Waals surface area contributed by atoms with Crippen LogP contribution in [-0.2, 0) is 17.4 Å². The lowest BCUT2D eigenvalue weighted by molar-refractivity contribution is -0.137. The summed E-state index contributed by atoms with van der Waals surface area (Å²) in [5.74, 6) is -0.128. The molecular formula is C19H18F3NOS. The van der Waals surface area contributed by atoms with Crippen molar-refractivity contribution < 1.29 is 18.0 Å². The fourth-order valence-corrected chi connectivity index (χ4v) is 3.97. The molecule has 0 aliphatic carbocycles. The minimum absolute atomic E-state index is 0.136. The third-order valence-corrected chi connectivity index (χ3v) is 5.17. The van der Waals surface area contributed by atoms with Gasteiger partial charge in [0.1, 0.15) is 0 Å². The van der Waals surface area contributed by atoms with Gasteiger partial charge in [-0.15, -0.1) is 0 Å². The van der Waals surface area contributed by atoms with Crippen molar-refractivity contribution in [2.75, 3.05) is 5.32 Å². The summed E-state index contributed by atoms with van der Waals surface area (Å²) < 4.78 is 39.8. The van der Waals surface area contributed by atoms with Crippen LogP contribution in [0.3, 0.4) is 0 Å². The molecule has 1 aliphatic heterocycles. The van der Waals surface area contributed by atoms with Gasteiger partial charge in [-0.25, -0.2) is 0 Å². The zero-order valence-corrected chi connectivity index (χ0v) is 14.7. The Hall–Kier alpha value is -1.95. The van der Waals surface area contributed by atoms with E-state index < -0.39 is 11.7 Å². The molecule has 1 aliphatic rings. The number of rotatable bonds is 3. The highest BCUT2D eigenvalue weighted by Crippen LogP contribution is 2.45. The Bertz CT molecular complexity index is 815. The van der Waals surface area contributed by atoms with Gasteiger partial charge in [0, 0.05) is 28.3 Å². The summed E-state index contributed by atoms with van der Waals surface area (Å²) in [5, 5.41) is 2.69. The molecule has 0 saturated heterocycles.